The summed E-state index contributed by atoms with van der Waals surface area (Å²) in [4.78, 5) is 19.9. The Labute approximate surface area is 203 Å². The maximum atomic E-state index is 15.6. The number of pyridine rings is 1. The first-order chi connectivity index (χ1) is 16.4. The number of aromatic nitrogens is 1. The molecule has 4 rings (SSSR count). The number of likely N-dealkylation sites (tertiary alicyclic amines) is 1. The summed E-state index contributed by atoms with van der Waals surface area (Å²) in [7, 11) is 1.58. The molecular weight excluding hydrogens is 451 g/mol. The van der Waals surface area contributed by atoms with Gasteiger partial charge in [0, 0.05) is 24.7 Å². The largest absolute Gasteiger partial charge is 0.497 e. The predicted octanol–water partition coefficient (Wildman–Crippen LogP) is 5.62. The van der Waals surface area contributed by atoms with Crippen LogP contribution < -0.4 is 4.74 Å². The van der Waals surface area contributed by atoms with E-state index in [1.54, 1.807) is 36.8 Å². The topological polar surface area (TPSA) is 62.7 Å². The number of rotatable bonds is 7. The molecule has 2 aromatic heterocycles. The lowest BCUT2D eigenvalue weighted by Crippen LogP contribution is -2.44. The predicted molar refractivity (Wildman–Crippen MR) is 133 cm³/mol. The van der Waals surface area contributed by atoms with E-state index in [2.05, 4.69) is 21.7 Å². The van der Waals surface area contributed by atoms with Crippen LogP contribution in [0.1, 0.15) is 47.9 Å². The second-order valence-corrected chi connectivity index (χ2v) is 9.83. The molecule has 3 heterocycles. The van der Waals surface area contributed by atoms with Crippen LogP contribution in [0.15, 0.2) is 41.9 Å². The standard InChI is InChI=1S/C27H29FN2O3S/c1-19-18-29-24-8-7-20(33-2)17-22(24)25(19)23(28)9-10-27(26(31)32)11-14-30(15-12-27)13-3-5-21-6-4-16-34-21/h4,6-8,16-18,23H,9-15H2,1-2H3,(H,31,32)/t23-/m1/s1. The van der Waals surface area contributed by atoms with Crippen molar-refractivity contribution >= 4 is 28.2 Å². The van der Waals surface area contributed by atoms with Crippen LogP contribution in [0.4, 0.5) is 4.39 Å². The highest BCUT2D eigenvalue weighted by Gasteiger charge is 2.41. The molecule has 1 aromatic carbocycles. The fourth-order valence-electron chi connectivity index (χ4n) is 4.68. The van der Waals surface area contributed by atoms with Crippen LogP contribution in [0, 0.1) is 24.2 Å². The van der Waals surface area contributed by atoms with Crippen molar-refractivity contribution in [1.29, 1.82) is 0 Å². The third-order valence-corrected chi connectivity index (χ3v) is 7.59. The number of fused-ring (bicyclic) bond motifs is 1. The van der Waals surface area contributed by atoms with Gasteiger partial charge >= 0.3 is 5.97 Å². The lowest BCUT2D eigenvalue weighted by atomic mass is 9.74. The zero-order valence-corrected chi connectivity index (χ0v) is 20.3. The Balaban J connectivity index is 1.43. The van der Waals surface area contributed by atoms with Crippen molar-refractivity contribution < 1.29 is 19.0 Å². The third-order valence-electron chi connectivity index (χ3n) is 6.81. The Morgan fingerprint density at radius 1 is 1.35 bits per heavy atom. The van der Waals surface area contributed by atoms with Gasteiger partial charge in [0.1, 0.15) is 11.9 Å². The van der Waals surface area contributed by atoms with E-state index < -0.39 is 17.6 Å². The molecule has 0 amide bonds. The zero-order chi connectivity index (χ0) is 24.1. The Hall–Kier alpha value is -2.95. The average Bonchev–Trinajstić information content (AvgIpc) is 3.36. The van der Waals surface area contributed by atoms with E-state index in [-0.39, 0.29) is 6.42 Å². The van der Waals surface area contributed by atoms with E-state index in [1.807, 2.05) is 30.5 Å². The summed E-state index contributed by atoms with van der Waals surface area (Å²) in [5.41, 5.74) is 1.13. The monoisotopic (exact) mass is 480 g/mol. The zero-order valence-electron chi connectivity index (χ0n) is 19.5. The summed E-state index contributed by atoms with van der Waals surface area (Å²) in [5.74, 6) is 6.14. The molecule has 34 heavy (non-hydrogen) atoms. The van der Waals surface area contributed by atoms with Crippen molar-refractivity contribution in [3.63, 3.8) is 0 Å². The van der Waals surface area contributed by atoms with Crippen LogP contribution in [-0.2, 0) is 4.79 Å². The van der Waals surface area contributed by atoms with E-state index in [0.29, 0.717) is 55.7 Å². The number of carbonyl (C=O) groups is 1. The number of piperidine rings is 1. The van der Waals surface area contributed by atoms with E-state index in [4.69, 9.17) is 4.74 Å². The van der Waals surface area contributed by atoms with Crippen LogP contribution in [0.2, 0.25) is 0 Å². The number of carboxylic acids is 1. The first-order valence-corrected chi connectivity index (χ1v) is 12.4. The number of thiophene rings is 1. The summed E-state index contributed by atoms with van der Waals surface area (Å²) in [6.45, 7) is 3.76. The summed E-state index contributed by atoms with van der Waals surface area (Å²) in [5, 5.41) is 12.8. The Morgan fingerprint density at radius 2 is 2.15 bits per heavy atom. The molecule has 1 N–H and O–H groups in total. The number of benzene rings is 1. The van der Waals surface area contributed by atoms with Crippen LogP contribution in [0.25, 0.3) is 10.9 Å². The normalized spacial score (nSPS) is 16.6. The van der Waals surface area contributed by atoms with Crippen molar-refractivity contribution in [2.75, 3.05) is 26.7 Å². The second kappa shape index (κ2) is 10.5. The Morgan fingerprint density at radius 3 is 2.82 bits per heavy atom. The molecule has 0 saturated carbocycles. The van der Waals surface area contributed by atoms with E-state index in [0.717, 1.165) is 15.8 Å². The molecule has 0 aliphatic carbocycles. The van der Waals surface area contributed by atoms with Crippen molar-refractivity contribution in [3.05, 3.63) is 57.9 Å². The average molecular weight is 481 g/mol. The first-order valence-electron chi connectivity index (χ1n) is 11.5. The number of halogens is 1. The number of carboxylic acid groups (broad SMARTS) is 1. The number of nitrogens with zero attached hydrogens (tertiary/aromatic N) is 2. The molecule has 0 unspecified atom stereocenters. The van der Waals surface area contributed by atoms with E-state index in [9.17, 15) is 9.90 Å². The van der Waals surface area contributed by atoms with Crippen molar-refractivity contribution in [2.24, 2.45) is 5.41 Å². The minimum absolute atomic E-state index is 0.154. The van der Waals surface area contributed by atoms with Crippen LogP contribution in [0.3, 0.4) is 0 Å². The Kier molecular flexibility index (Phi) is 7.50. The number of ether oxygens (including phenoxy) is 1. The molecule has 1 saturated heterocycles. The summed E-state index contributed by atoms with van der Waals surface area (Å²) in [6.07, 6.45) is 1.86. The highest BCUT2D eigenvalue weighted by atomic mass is 32.1. The minimum Gasteiger partial charge on any atom is -0.497 e. The van der Waals surface area contributed by atoms with Gasteiger partial charge in [-0.1, -0.05) is 17.9 Å². The van der Waals surface area contributed by atoms with Gasteiger partial charge in [-0.3, -0.25) is 14.7 Å². The number of alkyl halides is 1. The Bertz CT molecular complexity index is 1210. The smallest absolute Gasteiger partial charge is 0.309 e. The van der Waals surface area contributed by atoms with Gasteiger partial charge in [-0.05, 0) is 73.4 Å². The number of hydrogen-bond donors (Lipinski definition) is 1. The number of aryl methyl sites for hydroxylation is 1. The van der Waals surface area contributed by atoms with Gasteiger partial charge < -0.3 is 9.84 Å². The fraction of sp³-hybridized carbons (Fsp3) is 0.407. The molecule has 0 bridgehead atoms. The van der Waals surface area contributed by atoms with Gasteiger partial charge in [-0.25, -0.2) is 4.39 Å². The van der Waals surface area contributed by atoms with Gasteiger partial charge in [0.25, 0.3) is 0 Å². The minimum atomic E-state index is -1.27. The van der Waals surface area contributed by atoms with Crippen LogP contribution >= 0.6 is 11.3 Å². The molecular formula is C27H29FN2O3S. The molecule has 1 aliphatic rings. The van der Waals surface area contributed by atoms with Crippen LogP contribution in [0.5, 0.6) is 5.75 Å². The molecule has 1 aliphatic heterocycles. The molecule has 0 radical (unpaired) electrons. The van der Waals surface area contributed by atoms with Gasteiger partial charge in [-0.2, -0.15) is 0 Å². The van der Waals surface area contributed by atoms with E-state index >= 15 is 4.39 Å². The van der Waals surface area contributed by atoms with E-state index in [1.165, 1.54) is 0 Å². The molecule has 0 spiro atoms. The van der Waals surface area contributed by atoms with Gasteiger partial charge in [0.15, 0.2) is 0 Å². The highest BCUT2D eigenvalue weighted by molar-refractivity contribution is 7.10. The maximum absolute atomic E-state index is 15.6. The number of methoxy groups -OCH3 is 1. The van der Waals surface area contributed by atoms with Gasteiger partial charge in [0.2, 0.25) is 0 Å². The lowest BCUT2D eigenvalue weighted by molar-refractivity contribution is -0.152. The molecule has 5 nitrogen and oxygen atoms in total. The van der Waals surface area contributed by atoms with Crippen molar-refractivity contribution in [2.45, 2.75) is 38.8 Å². The van der Waals surface area contributed by atoms with Gasteiger partial charge in [-0.15, -0.1) is 11.3 Å². The molecule has 7 heteroatoms. The second-order valence-electron chi connectivity index (χ2n) is 8.88. The van der Waals surface area contributed by atoms with Gasteiger partial charge in [0.05, 0.1) is 29.5 Å². The quantitative estimate of drug-likeness (QED) is 0.445. The third kappa shape index (κ3) is 5.24. The number of aliphatic carboxylic acids is 1. The molecule has 178 valence electrons. The fourth-order valence-corrected chi connectivity index (χ4v) is 5.27. The molecule has 3 aromatic rings. The first kappa shape index (κ1) is 24.2. The summed E-state index contributed by atoms with van der Waals surface area (Å²) >= 11 is 1.61. The van der Waals surface area contributed by atoms with Crippen molar-refractivity contribution in [3.8, 4) is 17.6 Å². The number of hydrogen-bond acceptors (Lipinski definition) is 5. The SMILES string of the molecule is COc1ccc2ncc(C)c([C@H](F)CCC3(C(=O)O)CCN(CC#Cc4cccs4)CC3)c2c1. The summed E-state index contributed by atoms with van der Waals surface area (Å²) in [6, 6.07) is 9.39. The summed E-state index contributed by atoms with van der Waals surface area (Å²) < 4.78 is 21.0. The van der Waals surface area contributed by atoms with Crippen LogP contribution in [-0.4, -0.2) is 47.7 Å². The lowest BCUT2D eigenvalue weighted by Gasteiger charge is -2.38. The molecule has 1 fully saturated rings. The maximum Gasteiger partial charge on any atom is 0.309 e. The molecule has 1 atom stereocenters. The highest BCUT2D eigenvalue weighted by Crippen LogP contribution is 2.41. The van der Waals surface area contributed by atoms with Crippen molar-refractivity contribution in [1.82, 2.24) is 9.88 Å².